The molecule has 15 heteroatoms. The lowest BCUT2D eigenvalue weighted by Crippen LogP contribution is -2.24. The van der Waals surface area contributed by atoms with Crippen molar-refractivity contribution in [2.24, 2.45) is 0 Å². The minimum Gasteiger partial charge on any atom is -0.439 e. The van der Waals surface area contributed by atoms with Gasteiger partial charge in [-0.2, -0.15) is 0 Å². The quantitative estimate of drug-likeness (QED) is 0.0844. The highest BCUT2D eigenvalue weighted by Crippen LogP contribution is 2.29. The van der Waals surface area contributed by atoms with E-state index < -0.39 is 0 Å². The molecular weight excluding hydrogens is 831 g/mol. The van der Waals surface area contributed by atoms with Gasteiger partial charge in [0, 0.05) is 43.7 Å². The maximum atomic E-state index is 11.2. The third-order valence-corrected chi connectivity index (χ3v) is 6.77. The number of benzene rings is 2. The lowest BCUT2D eigenvalue weighted by atomic mass is 10.1. The molecule has 4 amide bonds. The van der Waals surface area contributed by atoms with E-state index in [1.807, 2.05) is 171 Å². The van der Waals surface area contributed by atoms with Crippen LogP contribution in [0.2, 0.25) is 0 Å². The van der Waals surface area contributed by atoms with Gasteiger partial charge in [-0.05, 0) is 65.7 Å². The van der Waals surface area contributed by atoms with Crippen LogP contribution in [0.3, 0.4) is 0 Å². The van der Waals surface area contributed by atoms with Gasteiger partial charge < -0.3 is 42.2 Å². The molecule has 0 saturated carbocycles. The molecule has 0 atom stereocenters. The van der Waals surface area contributed by atoms with Crippen molar-refractivity contribution in [3.63, 3.8) is 0 Å². The van der Waals surface area contributed by atoms with Gasteiger partial charge in [-0.25, -0.2) is 34.5 Å². The molecule has 0 aliphatic carbocycles. The first-order valence-corrected chi connectivity index (χ1v) is 23.0. The van der Waals surface area contributed by atoms with Crippen LogP contribution in [0.4, 0.5) is 32.6 Å². The summed E-state index contributed by atoms with van der Waals surface area (Å²) in [4.78, 5) is 42.9. The zero-order valence-corrected chi connectivity index (χ0v) is 43.0. The summed E-state index contributed by atoms with van der Waals surface area (Å²) in [5.74, 6) is 2.61. The summed E-state index contributed by atoms with van der Waals surface area (Å²) in [6, 6.07) is 25.2. The molecule has 2 aromatic carbocycles. The van der Waals surface area contributed by atoms with Gasteiger partial charge in [0.25, 0.3) is 0 Å². The van der Waals surface area contributed by atoms with Gasteiger partial charge >= 0.3 is 18.1 Å². The fourth-order valence-electron chi connectivity index (χ4n) is 4.29. The summed E-state index contributed by atoms with van der Waals surface area (Å²) in [6.45, 7) is 32.0. The number of nitrogens with zero attached hydrogens (tertiary/aromatic N) is 5. The maximum absolute atomic E-state index is 11.2. The Morgan fingerprint density at radius 2 is 0.803 bits per heavy atom. The van der Waals surface area contributed by atoms with Crippen LogP contribution in [0, 0.1) is 0 Å². The highest BCUT2D eigenvalue weighted by Gasteiger charge is 2.07. The number of aromatic nitrogens is 5. The summed E-state index contributed by atoms with van der Waals surface area (Å²) in [7, 11) is 3.07. The second kappa shape index (κ2) is 44.3. The third-order valence-electron chi connectivity index (χ3n) is 6.77. The number of hydrogen-bond donors (Lipinski definition) is 6. The number of nitrogens with one attached hydrogen (secondary N) is 4. The van der Waals surface area contributed by atoms with Crippen LogP contribution in [-0.2, 0) is 0 Å². The van der Waals surface area contributed by atoms with Gasteiger partial charge in [0.1, 0.15) is 23.1 Å². The Hall–Kier alpha value is -7.29. The number of carbonyl (C=O) groups is 2. The standard InChI is InChI=1S/C18H17N5O2.C17H16N6O2.8C2H6/c1-20-18(24)23-13-6-9-16(22-11-13)25-14-7-4-12(5-8-14)15-3-2-10-21-17(15)19;1-19-16(24)23-12-9-21-17(22-10-12)25-13-6-4-11(5-7-13)14-3-2-8-20-15(14)18;8*1-2/h2-11H,1H3,(H2,19,21)(H2,20,23,24);2-10H,1H3,(H2,18,20)(H2,19,23,24);8*1-2H3. The van der Waals surface area contributed by atoms with Crippen LogP contribution < -0.4 is 42.2 Å². The average Bonchev–Trinajstić information content (AvgIpc) is 3.41. The Kier molecular flexibility index (Phi) is 43.9. The number of pyridine rings is 3. The summed E-state index contributed by atoms with van der Waals surface area (Å²) in [5, 5.41) is 10.1. The highest BCUT2D eigenvalue weighted by atomic mass is 16.5. The second-order valence-corrected chi connectivity index (χ2v) is 10.2. The van der Waals surface area contributed by atoms with E-state index in [9.17, 15) is 9.59 Å². The van der Waals surface area contributed by atoms with E-state index in [1.54, 1.807) is 43.7 Å². The van der Waals surface area contributed by atoms with Gasteiger partial charge in [-0.3, -0.25) is 0 Å². The third kappa shape index (κ3) is 25.7. The van der Waals surface area contributed by atoms with Crippen LogP contribution in [0.5, 0.6) is 23.4 Å². The smallest absolute Gasteiger partial charge is 0.322 e. The van der Waals surface area contributed by atoms with E-state index in [-0.39, 0.29) is 18.1 Å². The van der Waals surface area contributed by atoms with Crippen molar-refractivity contribution in [1.29, 1.82) is 0 Å². The minimum absolute atomic E-state index is 0.177. The Labute approximate surface area is 397 Å². The lowest BCUT2D eigenvalue weighted by molar-refractivity contribution is 0.253. The topological polar surface area (TPSA) is 217 Å². The van der Waals surface area contributed by atoms with E-state index >= 15 is 0 Å². The van der Waals surface area contributed by atoms with Gasteiger partial charge in [0.2, 0.25) is 5.88 Å². The molecule has 0 spiro atoms. The molecule has 8 N–H and O–H groups in total. The SMILES string of the molecule is CC.CC.CC.CC.CC.CC.CC.CC.CNC(=O)Nc1ccc(Oc2ccc(-c3cccnc3N)cc2)nc1.CNC(=O)Nc1cnc(Oc2ccc(-c3cccnc3N)cc2)nc1. The summed E-state index contributed by atoms with van der Waals surface area (Å²) in [6.07, 6.45) is 7.75. The number of nitrogens with two attached hydrogens (primary N) is 2. The fourth-order valence-corrected chi connectivity index (χ4v) is 4.29. The molecule has 0 aliphatic rings. The van der Waals surface area contributed by atoms with Crippen LogP contribution in [0.15, 0.2) is 116 Å². The van der Waals surface area contributed by atoms with Gasteiger partial charge in [0.15, 0.2) is 0 Å². The minimum atomic E-state index is -0.345. The molecular formula is C51H81N11O4. The number of rotatable bonds is 8. The average molecular weight is 912 g/mol. The Morgan fingerprint density at radius 1 is 0.439 bits per heavy atom. The predicted molar refractivity (Wildman–Crippen MR) is 282 cm³/mol. The number of hydrogen-bond acceptors (Lipinski definition) is 11. The van der Waals surface area contributed by atoms with Crippen molar-refractivity contribution in [3.8, 4) is 45.6 Å². The van der Waals surface area contributed by atoms with E-state index in [0.29, 0.717) is 40.4 Å². The summed E-state index contributed by atoms with van der Waals surface area (Å²) in [5.41, 5.74) is 16.4. The number of ether oxygens (including phenoxy) is 2. The Bertz CT molecular complexity index is 1880. The molecule has 15 nitrogen and oxygen atoms in total. The van der Waals surface area contributed by atoms with Crippen molar-refractivity contribution in [2.75, 3.05) is 36.2 Å². The molecule has 364 valence electrons. The predicted octanol–water partition coefficient (Wildman–Crippen LogP) is 14.1. The zero-order chi connectivity index (χ0) is 51.3. The van der Waals surface area contributed by atoms with Gasteiger partial charge in [-0.1, -0.05) is 135 Å². The monoisotopic (exact) mass is 912 g/mol. The van der Waals surface area contributed by atoms with E-state index in [1.165, 1.54) is 25.6 Å². The van der Waals surface area contributed by atoms with Crippen molar-refractivity contribution in [3.05, 3.63) is 116 Å². The highest BCUT2D eigenvalue weighted by molar-refractivity contribution is 5.89. The van der Waals surface area contributed by atoms with Crippen molar-refractivity contribution in [1.82, 2.24) is 35.6 Å². The molecule has 0 unspecified atom stereocenters. The van der Waals surface area contributed by atoms with Gasteiger partial charge in [-0.15, -0.1) is 0 Å². The first kappa shape index (κ1) is 65.3. The number of urea groups is 2. The molecule has 4 heterocycles. The molecule has 6 aromatic rings. The molecule has 4 aromatic heterocycles. The molecule has 0 fully saturated rings. The molecule has 0 bridgehead atoms. The lowest BCUT2D eigenvalue weighted by Gasteiger charge is -2.08. The summed E-state index contributed by atoms with van der Waals surface area (Å²) >= 11 is 0. The molecule has 0 aliphatic heterocycles. The number of carbonyl (C=O) groups excluding carboxylic acids is 2. The van der Waals surface area contributed by atoms with E-state index in [0.717, 1.165) is 22.3 Å². The zero-order valence-electron chi connectivity index (χ0n) is 43.0. The van der Waals surface area contributed by atoms with Crippen LogP contribution in [0.25, 0.3) is 22.3 Å². The molecule has 0 radical (unpaired) electrons. The fraction of sp³-hybridized carbons (Fsp3) is 0.353. The summed E-state index contributed by atoms with van der Waals surface area (Å²) < 4.78 is 11.3. The normalized spacial score (nSPS) is 8.39. The van der Waals surface area contributed by atoms with E-state index in [2.05, 4.69) is 46.2 Å². The van der Waals surface area contributed by atoms with Crippen LogP contribution >= 0.6 is 0 Å². The van der Waals surface area contributed by atoms with Crippen molar-refractivity contribution in [2.45, 2.75) is 111 Å². The molecule has 66 heavy (non-hydrogen) atoms. The molecule has 6 rings (SSSR count). The Balaban J connectivity index is -0.000000447. The second-order valence-electron chi connectivity index (χ2n) is 10.2. The molecule has 0 saturated heterocycles. The van der Waals surface area contributed by atoms with Crippen molar-refractivity contribution < 1.29 is 19.1 Å². The first-order chi connectivity index (χ1) is 32.3. The number of nitrogen functional groups attached to an aromatic ring is 2. The van der Waals surface area contributed by atoms with Crippen LogP contribution in [-0.4, -0.2) is 51.1 Å². The largest absolute Gasteiger partial charge is 0.439 e. The number of amides is 4. The van der Waals surface area contributed by atoms with Crippen LogP contribution in [0.1, 0.15) is 111 Å². The van der Waals surface area contributed by atoms with Gasteiger partial charge in [0.05, 0.1) is 30.0 Å². The number of anilines is 4. The van der Waals surface area contributed by atoms with E-state index in [4.69, 9.17) is 20.9 Å². The maximum Gasteiger partial charge on any atom is 0.322 e. The first-order valence-electron chi connectivity index (χ1n) is 23.0. The Morgan fingerprint density at radius 3 is 1.15 bits per heavy atom. The van der Waals surface area contributed by atoms with Crippen molar-refractivity contribution >= 4 is 35.1 Å².